The van der Waals surface area contributed by atoms with Gasteiger partial charge in [-0.3, -0.25) is 0 Å². The number of aromatic nitrogens is 1. The highest BCUT2D eigenvalue weighted by Gasteiger charge is 2.01. The molecule has 0 aliphatic rings. The van der Waals surface area contributed by atoms with Gasteiger partial charge < -0.3 is 9.63 Å². The topological polar surface area (TPSA) is 63.3 Å². The molecular formula is C4H3NO3. The summed E-state index contributed by atoms with van der Waals surface area (Å²) < 4.78 is 4.24. The molecule has 1 heterocycles. The largest absolute Gasteiger partial charge is 0.478 e. The highest BCUT2D eigenvalue weighted by molar-refractivity contribution is 5.86. The quantitative estimate of drug-likeness (QED) is 0.571. The van der Waals surface area contributed by atoms with Crippen LogP contribution in [0.1, 0.15) is 10.4 Å². The van der Waals surface area contributed by atoms with Crippen LogP contribution in [0.15, 0.2) is 17.0 Å². The molecule has 0 spiro atoms. The number of hydrogen-bond acceptors (Lipinski definition) is 3. The van der Waals surface area contributed by atoms with E-state index in [9.17, 15) is 4.79 Å². The second kappa shape index (κ2) is 1.65. The first-order valence-electron chi connectivity index (χ1n) is 1.93. The van der Waals surface area contributed by atoms with Crippen LogP contribution in [0.3, 0.4) is 0 Å². The molecule has 0 amide bonds. The zero-order chi connectivity index (χ0) is 5.98. The van der Waals surface area contributed by atoms with Crippen molar-refractivity contribution in [2.45, 2.75) is 0 Å². The number of rotatable bonds is 1. The van der Waals surface area contributed by atoms with Gasteiger partial charge in [0.1, 0.15) is 11.8 Å². The molecule has 4 nitrogen and oxygen atoms in total. The lowest BCUT2D eigenvalue weighted by Gasteiger charge is -1.75. The Bertz CT molecular complexity index is 179. The van der Waals surface area contributed by atoms with Crippen LogP contribution in [0.5, 0.6) is 0 Å². The van der Waals surface area contributed by atoms with E-state index in [1.54, 1.807) is 0 Å². The van der Waals surface area contributed by atoms with Crippen LogP contribution in [0.4, 0.5) is 0 Å². The standard InChI is InChI=1S/C4H3NO3/c6-4(7)3-1-5-8-2-3/h1-2H,(H,6,7). The van der Waals surface area contributed by atoms with Gasteiger partial charge in [0.2, 0.25) is 0 Å². The van der Waals surface area contributed by atoms with Crippen molar-refractivity contribution in [3.8, 4) is 0 Å². The molecule has 4 heteroatoms. The lowest BCUT2D eigenvalue weighted by molar-refractivity contribution is 0.0696. The van der Waals surface area contributed by atoms with Gasteiger partial charge in [-0.15, -0.1) is 0 Å². The molecule has 0 atom stereocenters. The summed E-state index contributed by atoms with van der Waals surface area (Å²) in [6, 6.07) is 0. The second-order valence-corrected chi connectivity index (χ2v) is 1.22. The number of carboxylic acid groups (broad SMARTS) is 1. The monoisotopic (exact) mass is 113 g/mol. The summed E-state index contributed by atoms with van der Waals surface area (Å²) in [4.78, 5) is 9.96. The number of nitrogens with zero attached hydrogens (tertiary/aromatic N) is 1. The molecule has 0 aliphatic carbocycles. The van der Waals surface area contributed by atoms with E-state index in [1.807, 2.05) is 0 Å². The molecule has 42 valence electrons. The first-order valence-corrected chi connectivity index (χ1v) is 1.93. The van der Waals surface area contributed by atoms with Crippen molar-refractivity contribution in [3.63, 3.8) is 0 Å². The van der Waals surface area contributed by atoms with Gasteiger partial charge in [-0.1, -0.05) is 5.16 Å². The van der Waals surface area contributed by atoms with Crippen LogP contribution in [0, 0.1) is 0 Å². The predicted octanol–water partition coefficient (Wildman–Crippen LogP) is 0.373. The molecular weight excluding hydrogens is 110 g/mol. The summed E-state index contributed by atoms with van der Waals surface area (Å²) in [6.07, 6.45) is 2.21. The van der Waals surface area contributed by atoms with E-state index in [2.05, 4.69) is 9.68 Å². The molecule has 0 unspecified atom stereocenters. The Balaban J connectivity index is 2.93. The average Bonchev–Trinajstić information content (AvgIpc) is 2.12. The number of hydrogen-bond donors (Lipinski definition) is 1. The van der Waals surface area contributed by atoms with Crippen LogP contribution in [0.2, 0.25) is 0 Å². The van der Waals surface area contributed by atoms with Crippen LogP contribution in [-0.2, 0) is 0 Å². The van der Waals surface area contributed by atoms with Crippen LogP contribution >= 0.6 is 0 Å². The molecule has 1 rings (SSSR count). The van der Waals surface area contributed by atoms with Gasteiger partial charge in [0.15, 0.2) is 0 Å². The van der Waals surface area contributed by atoms with E-state index in [4.69, 9.17) is 5.11 Å². The SMILES string of the molecule is O=C(O)c1cnoc1. The van der Waals surface area contributed by atoms with Gasteiger partial charge in [-0.25, -0.2) is 4.79 Å². The fourth-order valence-corrected chi connectivity index (χ4v) is 0.310. The highest BCUT2D eigenvalue weighted by atomic mass is 16.5. The van der Waals surface area contributed by atoms with Crippen molar-refractivity contribution >= 4 is 5.97 Å². The van der Waals surface area contributed by atoms with E-state index in [-0.39, 0.29) is 5.56 Å². The molecule has 1 aromatic rings. The summed E-state index contributed by atoms with van der Waals surface area (Å²) in [5, 5.41) is 11.4. The number of carboxylic acids is 1. The van der Waals surface area contributed by atoms with Gasteiger partial charge >= 0.3 is 5.97 Å². The third-order valence-electron chi connectivity index (χ3n) is 0.679. The molecule has 0 aromatic carbocycles. The van der Waals surface area contributed by atoms with Gasteiger partial charge in [0, 0.05) is 0 Å². The Kier molecular flexibility index (Phi) is 0.997. The summed E-state index contributed by atoms with van der Waals surface area (Å²) in [5.74, 6) is -1.02. The average molecular weight is 113 g/mol. The van der Waals surface area contributed by atoms with Crippen molar-refractivity contribution < 1.29 is 14.4 Å². The Morgan fingerprint density at radius 1 is 1.88 bits per heavy atom. The van der Waals surface area contributed by atoms with Crippen LogP contribution < -0.4 is 0 Å². The third-order valence-corrected chi connectivity index (χ3v) is 0.679. The van der Waals surface area contributed by atoms with E-state index >= 15 is 0 Å². The summed E-state index contributed by atoms with van der Waals surface area (Å²) >= 11 is 0. The van der Waals surface area contributed by atoms with E-state index in [1.165, 1.54) is 0 Å². The maximum Gasteiger partial charge on any atom is 0.340 e. The normalized spacial score (nSPS) is 9.00. The molecule has 1 N–H and O–H groups in total. The Morgan fingerprint density at radius 2 is 2.62 bits per heavy atom. The molecule has 0 aliphatic heterocycles. The van der Waals surface area contributed by atoms with Crippen molar-refractivity contribution in [1.82, 2.24) is 5.16 Å². The summed E-state index contributed by atoms with van der Waals surface area (Å²) in [7, 11) is 0. The van der Waals surface area contributed by atoms with Crippen LogP contribution in [-0.4, -0.2) is 16.2 Å². The Labute approximate surface area is 44.7 Å². The molecule has 0 radical (unpaired) electrons. The second-order valence-electron chi connectivity index (χ2n) is 1.22. The summed E-state index contributed by atoms with van der Waals surface area (Å²) in [6.45, 7) is 0. The highest BCUT2D eigenvalue weighted by Crippen LogP contribution is 1.93. The predicted molar refractivity (Wildman–Crippen MR) is 23.5 cm³/mol. The van der Waals surface area contributed by atoms with Gasteiger partial charge in [-0.05, 0) is 0 Å². The molecule has 0 saturated carbocycles. The fourth-order valence-electron chi connectivity index (χ4n) is 0.310. The van der Waals surface area contributed by atoms with Crippen LogP contribution in [0.25, 0.3) is 0 Å². The maximum atomic E-state index is 9.96. The zero-order valence-electron chi connectivity index (χ0n) is 3.87. The third kappa shape index (κ3) is 0.676. The van der Waals surface area contributed by atoms with Gasteiger partial charge in [-0.2, -0.15) is 0 Å². The fraction of sp³-hybridized carbons (Fsp3) is 0. The van der Waals surface area contributed by atoms with Crippen molar-refractivity contribution in [3.05, 3.63) is 18.0 Å². The lowest BCUT2D eigenvalue weighted by Crippen LogP contribution is -1.91. The minimum atomic E-state index is -1.02. The smallest absolute Gasteiger partial charge is 0.340 e. The minimum absolute atomic E-state index is 0.0741. The Morgan fingerprint density at radius 3 is 2.88 bits per heavy atom. The van der Waals surface area contributed by atoms with Crippen molar-refractivity contribution in [2.75, 3.05) is 0 Å². The van der Waals surface area contributed by atoms with E-state index in [0.717, 1.165) is 12.5 Å². The molecule has 8 heavy (non-hydrogen) atoms. The summed E-state index contributed by atoms with van der Waals surface area (Å²) in [5.41, 5.74) is 0.0741. The van der Waals surface area contributed by atoms with E-state index < -0.39 is 5.97 Å². The molecule has 0 saturated heterocycles. The lowest BCUT2D eigenvalue weighted by atomic mass is 10.4. The number of aromatic carboxylic acids is 1. The first kappa shape index (κ1) is 4.83. The first-order chi connectivity index (χ1) is 3.80. The van der Waals surface area contributed by atoms with Crippen molar-refractivity contribution in [1.29, 1.82) is 0 Å². The van der Waals surface area contributed by atoms with E-state index in [0.29, 0.717) is 0 Å². The maximum absolute atomic E-state index is 9.96. The molecule has 0 fully saturated rings. The molecule has 1 aromatic heterocycles. The minimum Gasteiger partial charge on any atom is -0.478 e. The Hall–Kier alpha value is -1.32. The number of carbonyl (C=O) groups is 1. The van der Waals surface area contributed by atoms with Crippen molar-refractivity contribution in [2.24, 2.45) is 0 Å². The van der Waals surface area contributed by atoms with Gasteiger partial charge in [0.25, 0.3) is 0 Å². The molecule has 0 bridgehead atoms. The zero-order valence-corrected chi connectivity index (χ0v) is 3.87. The van der Waals surface area contributed by atoms with Gasteiger partial charge in [0.05, 0.1) is 6.20 Å².